The highest BCUT2D eigenvalue weighted by atomic mass is 15.2. The van der Waals surface area contributed by atoms with Crippen LogP contribution in [0.4, 0.5) is 0 Å². The van der Waals surface area contributed by atoms with Gasteiger partial charge in [-0.1, -0.05) is 17.7 Å². The van der Waals surface area contributed by atoms with E-state index in [-0.39, 0.29) is 0 Å². The Hall–Kier alpha value is -0.600. The zero-order chi connectivity index (χ0) is 9.80. The Balaban J connectivity index is 1.89. The van der Waals surface area contributed by atoms with E-state index in [4.69, 9.17) is 0 Å². The van der Waals surface area contributed by atoms with Gasteiger partial charge < -0.3 is 5.32 Å². The first-order valence-corrected chi connectivity index (χ1v) is 5.65. The van der Waals surface area contributed by atoms with Crippen LogP contribution in [0.5, 0.6) is 0 Å². The second-order valence-corrected chi connectivity index (χ2v) is 4.22. The van der Waals surface area contributed by atoms with Gasteiger partial charge in [0.15, 0.2) is 0 Å². The van der Waals surface area contributed by atoms with E-state index in [2.05, 4.69) is 29.3 Å². The summed E-state index contributed by atoms with van der Waals surface area (Å²) in [5.41, 5.74) is 3.05. The minimum atomic E-state index is 1.15. The molecule has 2 aliphatic rings. The fraction of sp³-hybridized carbons (Fsp3) is 0.667. The smallest absolute Gasteiger partial charge is 0.0234 e. The van der Waals surface area contributed by atoms with E-state index in [1.54, 1.807) is 5.57 Å². The van der Waals surface area contributed by atoms with Gasteiger partial charge >= 0.3 is 0 Å². The van der Waals surface area contributed by atoms with Crippen molar-refractivity contribution in [3.8, 4) is 0 Å². The molecule has 1 saturated heterocycles. The van der Waals surface area contributed by atoms with Crippen molar-refractivity contribution in [2.24, 2.45) is 0 Å². The van der Waals surface area contributed by atoms with Crippen molar-refractivity contribution in [3.63, 3.8) is 0 Å². The second-order valence-electron chi connectivity index (χ2n) is 4.22. The summed E-state index contributed by atoms with van der Waals surface area (Å²) < 4.78 is 0. The molecule has 2 rings (SSSR count). The van der Waals surface area contributed by atoms with Crippen LogP contribution in [0.1, 0.15) is 19.8 Å². The molecular formula is C12H20N2. The van der Waals surface area contributed by atoms with Crippen LogP contribution >= 0.6 is 0 Å². The summed E-state index contributed by atoms with van der Waals surface area (Å²) >= 11 is 0. The predicted octanol–water partition coefficient (Wildman–Crippen LogP) is 1.56. The van der Waals surface area contributed by atoms with Crippen LogP contribution in [0.3, 0.4) is 0 Å². The van der Waals surface area contributed by atoms with E-state index in [0.29, 0.717) is 0 Å². The molecule has 0 bridgehead atoms. The maximum atomic E-state index is 3.39. The molecule has 2 heteroatoms. The molecule has 0 saturated carbocycles. The Morgan fingerprint density at radius 3 is 2.64 bits per heavy atom. The summed E-state index contributed by atoms with van der Waals surface area (Å²) in [5, 5.41) is 3.39. The predicted molar refractivity (Wildman–Crippen MR) is 60.4 cm³/mol. The molecule has 0 spiro atoms. The lowest BCUT2D eigenvalue weighted by atomic mass is 9.98. The van der Waals surface area contributed by atoms with Gasteiger partial charge in [0.05, 0.1) is 0 Å². The normalized spacial score (nSPS) is 24.4. The number of allylic oxidation sites excluding steroid dienone is 2. The SMILES string of the molecule is CC1=CCCC=C1CN1CCNCC1. The Morgan fingerprint density at radius 1 is 1.21 bits per heavy atom. The molecule has 0 unspecified atom stereocenters. The highest BCUT2D eigenvalue weighted by Gasteiger charge is 2.12. The van der Waals surface area contributed by atoms with Gasteiger partial charge in [0, 0.05) is 32.7 Å². The monoisotopic (exact) mass is 192 g/mol. The quantitative estimate of drug-likeness (QED) is 0.714. The third kappa shape index (κ3) is 2.46. The highest BCUT2D eigenvalue weighted by Crippen LogP contribution is 2.19. The van der Waals surface area contributed by atoms with Gasteiger partial charge in [0.2, 0.25) is 0 Å². The summed E-state index contributed by atoms with van der Waals surface area (Å²) in [6.45, 7) is 8.10. The molecule has 0 amide bonds. The zero-order valence-electron chi connectivity index (χ0n) is 9.05. The van der Waals surface area contributed by atoms with Crippen molar-refractivity contribution in [2.45, 2.75) is 19.8 Å². The molecule has 78 valence electrons. The molecule has 1 heterocycles. The Bertz CT molecular complexity index is 247. The minimum absolute atomic E-state index is 1.15. The van der Waals surface area contributed by atoms with Crippen LogP contribution in [0.25, 0.3) is 0 Å². The largest absolute Gasteiger partial charge is 0.314 e. The van der Waals surface area contributed by atoms with Crippen molar-refractivity contribution in [1.29, 1.82) is 0 Å². The first-order chi connectivity index (χ1) is 6.86. The van der Waals surface area contributed by atoms with Crippen molar-refractivity contribution >= 4 is 0 Å². The van der Waals surface area contributed by atoms with Crippen LogP contribution in [-0.2, 0) is 0 Å². The summed E-state index contributed by atoms with van der Waals surface area (Å²) in [5.74, 6) is 0. The van der Waals surface area contributed by atoms with E-state index in [1.165, 1.54) is 31.5 Å². The maximum absolute atomic E-state index is 3.39. The van der Waals surface area contributed by atoms with E-state index < -0.39 is 0 Å². The Morgan fingerprint density at radius 2 is 1.93 bits per heavy atom. The summed E-state index contributed by atoms with van der Waals surface area (Å²) in [6.07, 6.45) is 7.25. The van der Waals surface area contributed by atoms with Crippen molar-refractivity contribution in [2.75, 3.05) is 32.7 Å². The first-order valence-electron chi connectivity index (χ1n) is 5.65. The number of piperazine rings is 1. The van der Waals surface area contributed by atoms with Gasteiger partial charge in [-0.3, -0.25) is 4.90 Å². The summed E-state index contributed by atoms with van der Waals surface area (Å²) in [6, 6.07) is 0. The average molecular weight is 192 g/mol. The molecule has 0 radical (unpaired) electrons. The summed E-state index contributed by atoms with van der Waals surface area (Å²) in [4.78, 5) is 2.55. The molecule has 0 aromatic carbocycles. The van der Waals surface area contributed by atoms with E-state index in [9.17, 15) is 0 Å². The first kappa shape index (κ1) is 9.94. The van der Waals surface area contributed by atoms with Crippen LogP contribution in [0.15, 0.2) is 23.3 Å². The third-order valence-electron chi connectivity index (χ3n) is 3.12. The number of hydrogen-bond acceptors (Lipinski definition) is 2. The molecule has 14 heavy (non-hydrogen) atoms. The molecule has 1 aliphatic carbocycles. The van der Waals surface area contributed by atoms with Gasteiger partial charge in [0.1, 0.15) is 0 Å². The maximum Gasteiger partial charge on any atom is 0.0234 e. The standard InChI is InChI=1S/C12H20N2/c1-11-4-2-3-5-12(11)10-14-8-6-13-7-9-14/h4-5,13H,2-3,6-10H2,1H3. The van der Waals surface area contributed by atoms with Crippen LogP contribution in [0.2, 0.25) is 0 Å². The van der Waals surface area contributed by atoms with Crippen molar-refractivity contribution in [3.05, 3.63) is 23.3 Å². The van der Waals surface area contributed by atoms with Crippen LogP contribution in [-0.4, -0.2) is 37.6 Å². The van der Waals surface area contributed by atoms with E-state index >= 15 is 0 Å². The van der Waals surface area contributed by atoms with Gasteiger partial charge in [0.25, 0.3) is 0 Å². The van der Waals surface area contributed by atoms with Gasteiger partial charge in [-0.2, -0.15) is 0 Å². The zero-order valence-corrected chi connectivity index (χ0v) is 9.05. The average Bonchev–Trinajstić information content (AvgIpc) is 2.23. The molecule has 2 nitrogen and oxygen atoms in total. The second kappa shape index (κ2) is 4.76. The molecule has 1 aliphatic heterocycles. The lowest BCUT2D eigenvalue weighted by molar-refractivity contribution is 0.260. The topological polar surface area (TPSA) is 15.3 Å². The fourth-order valence-electron chi connectivity index (χ4n) is 2.15. The Labute approximate surface area is 86.7 Å². The third-order valence-corrected chi connectivity index (χ3v) is 3.12. The number of nitrogens with one attached hydrogen (secondary N) is 1. The molecule has 1 N–H and O–H groups in total. The number of rotatable bonds is 2. The van der Waals surface area contributed by atoms with E-state index in [0.717, 1.165) is 19.6 Å². The van der Waals surface area contributed by atoms with Crippen LogP contribution in [0, 0.1) is 0 Å². The molecule has 0 atom stereocenters. The molecule has 1 fully saturated rings. The molecule has 0 aromatic heterocycles. The summed E-state index contributed by atoms with van der Waals surface area (Å²) in [7, 11) is 0. The number of hydrogen-bond donors (Lipinski definition) is 1. The fourth-order valence-corrected chi connectivity index (χ4v) is 2.15. The van der Waals surface area contributed by atoms with Crippen LogP contribution < -0.4 is 5.32 Å². The number of nitrogens with zero attached hydrogens (tertiary/aromatic N) is 1. The molecular weight excluding hydrogens is 172 g/mol. The highest BCUT2D eigenvalue weighted by molar-refractivity contribution is 5.33. The lowest BCUT2D eigenvalue weighted by Gasteiger charge is -2.29. The molecule has 0 aromatic rings. The van der Waals surface area contributed by atoms with Gasteiger partial charge in [-0.25, -0.2) is 0 Å². The van der Waals surface area contributed by atoms with Gasteiger partial charge in [-0.05, 0) is 25.3 Å². The van der Waals surface area contributed by atoms with Gasteiger partial charge in [-0.15, -0.1) is 0 Å². The van der Waals surface area contributed by atoms with Crippen molar-refractivity contribution in [1.82, 2.24) is 10.2 Å². The Kier molecular flexibility index (Phi) is 3.38. The van der Waals surface area contributed by atoms with E-state index in [1.807, 2.05) is 0 Å². The lowest BCUT2D eigenvalue weighted by Crippen LogP contribution is -2.44. The minimum Gasteiger partial charge on any atom is -0.314 e. The van der Waals surface area contributed by atoms with Crippen molar-refractivity contribution < 1.29 is 0 Å².